The summed E-state index contributed by atoms with van der Waals surface area (Å²) < 4.78 is 30.7. The summed E-state index contributed by atoms with van der Waals surface area (Å²) in [7, 11) is -4.13. The number of quaternary nitrogens is 1. The molecule has 0 spiro atoms. The molecule has 0 unspecified atom stereocenters. The van der Waals surface area contributed by atoms with Crippen LogP contribution < -0.4 is 5.90 Å². The zero-order valence-electron chi connectivity index (χ0n) is 6.88. The van der Waals surface area contributed by atoms with Gasteiger partial charge in [0.1, 0.15) is 0 Å². The highest BCUT2D eigenvalue weighted by Crippen LogP contribution is 2.02. The van der Waals surface area contributed by atoms with Gasteiger partial charge in [-0.05, 0) is 5.56 Å². The maximum atomic E-state index is 10.2. The molecule has 74 valence electrons. The van der Waals surface area contributed by atoms with Crippen molar-refractivity contribution >= 4 is 10.1 Å². The van der Waals surface area contributed by atoms with Gasteiger partial charge in [0.15, 0.2) is 0 Å². The van der Waals surface area contributed by atoms with Gasteiger partial charge in [-0.2, -0.15) is 0 Å². The molecule has 0 saturated heterocycles. The van der Waals surface area contributed by atoms with Gasteiger partial charge in [-0.15, -0.1) is 0 Å². The summed E-state index contributed by atoms with van der Waals surface area (Å²) in [5.74, 6) is 1.83. The lowest BCUT2D eigenvalue weighted by atomic mass is 10.2. The summed E-state index contributed by atoms with van der Waals surface area (Å²) in [6.45, 7) is 0. The molecular weight excluding hydrogens is 194 g/mol. The lowest BCUT2D eigenvalue weighted by molar-refractivity contribution is -0.670. The first-order valence-electron chi connectivity index (χ1n) is 3.37. The zero-order chi connectivity index (χ0) is 10.3. The van der Waals surface area contributed by atoms with Crippen molar-refractivity contribution in [1.82, 2.24) is 0 Å². The fourth-order valence-corrected chi connectivity index (χ4v) is 1.38. The third-order valence-electron chi connectivity index (χ3n) is 1.19. The summed E-state index contributed by atoms with van der Waals surface area (Å²) in [4.78, 5) is 0. The Bertz CT molecular complexity index is 322. The van der Waals surface area contributed by atoms with Gasteiger partial charge in [0.05, 0.1) is 15.9 Å². The highest BCUT2D eigenvalue weighted by Gasteiger charge is 1.95. The minimum Gasteiger partial charge on any atom is -0.748 e. The molecule has 0 bridgehead atoms. The summed E-state index contributed by atoms with van der Waals surface area (Å²) in [6, 6.07) is 8.37. The Morgan fingerprint density at radius 3 is 2.08 bits per heavy atom. The maximum absolute atomic E-state index is 10.2. The van der Waals surface area contributed by atoms with E-state index in [1.807, 2.05) is 0 Å². The molecule has 0 aliphatic heterocycles. The number of rotatable bonds is 2. The molecule has 4 N–H and O–H groups in total. The van der Waals surface area contributed by atoms with Gasteiger partial charge in [0.25, 0.3) is 0 Å². The Hall–Kier alpha value is -0.950. The molecule has 0 atom stereocenters. The van der Waals surface area contributed by atoms with E-state index in [0.29, 0.717) is 5.56 Å². The lowest BCUT2D eigenvalue weighted by Gasteiger charge is -2.05. The lowest BCUT2D eigenvalue weighted by Crippen LogP contribution is -2.42. The van der Waals surface area contributed by atoms with Gasteiger partial charge < -0.3 is 4.55 Å². The predicted molar refractivity (Wildman–Crippen MR) is 44.5 cm³/mol. The van der Waals surface area contributed by atoms with E-state index in [9.17, 15) is 13.0 Å². The van der Waals surface area contributed by atoms with Crippen LogP contribution in [0.3, 0.4) is 0 Å². The van der Waals surface area contributed by atoms with Crippen LogP contribution in [0.2, 0.25) is 0 Å². The minimum atomic E-state index is -4.13. The fourth-order valence-electron chi connectivity index (χ4n) is 0.778. The van der Waals surface area contributed by atoms with Crippen LogP contribution in [0.1, 0.15) is 5.56 Å². The second kappa shape index (κ2) is 5.65. The van der Waals surface area contributed by atoms with Crippen LogP contribution in [0.4, 0.5) is 0 Å². The molecule has 13 heavy (non-hydrogen) atoms. The second-order valence-corrected chi connectivity index (χ2v) is 3.59. The molecule has 0 fully saturated rings. The molecule has 1 rings (SSSR count). The normalized spacial score (nSPS) is 10.1. The fraction of sp³-hybridized carbons (Fsp3) is 0.143. The van der Waals surface area contributed by atoms with E-state index in [1.54, 1.807) is 30.3 Å². The van der Waals surface area contributed by atoms with Crippen LogP contribution in [0.25, 0.3) is 0 Å². The molecule has 1 aromatic rings. The van der Waals surface area contributed by atoms with E-state index in [4.69, 9.17) is 5.21 Å². The smallest absolute Gasteiger partial charge is 0.0988 e. The van der Waals surface area contributed by atoms with Gasteiger partial charge in [-0.3, -0.25) is 0 Å². The van der Waals surface area contributed by atoms with E-state index in [-0.39, 0.29) is 0 Å². The van der Waals surface area contributed by atoms with Crippen molar-refractivity contribution in [2.75, 3.05) is 0 Å². The van der Waals surface area contributed by atoms with Crippen LogP contribution in [-0.2, 0) is 15.9 Å². The molecule has 1 aromatic carbocycles. The monoisotopic (exact) mass is 205 g/mol. The predicted octanol–water partition coefficient (Wildman–Crippen LogP) is -0.651. The summed E-state index contributed by atoms with van der Waals surface area (Å²) in [6.07, 6.45) is 0. The molecule has 0 saturated carbocycles. The SMILES string of the molecule is O=S(=O)([O-])Cc1ccccc1.[NH3+]O. The minimum absolute atomic E-state index is 0.423. The van der Waals surface area contributed by atoms with E-state index in [0.717, 1.165) is 0 Å². The van der Waals surface area contributed by atoms with E-state index in [2.05, 4.69) is 5.90 Å². The molecule has 5 nitrogen and oxygen atoms in total. The topological polar surface area (TPSA) is 105 Å². The summed E-state index contributed by atoms with van der Waals surface area (Å²) in [5, 5.41) is 6.75. The Balaban J connectivity index is 0.000000671. The standard InChI is InChI=1S/C7H8O3S.H4NO/c8-11(9,10)6-7-4-2-1-3-5-7;1-2/h1-5H,6H2,(H,8,9,10);2H,1H3/q;+1/p-1. The highest BCUT2D eigenvalue weighted by atomic mass is 32.2. The molecule has 0 aliphatic rings. The average molecular weight is 205 g/mol. The van der Waals surface area contributed by atoms with Crippen LogP contribution in [-0.4, -0.2) is 18.2 Å². The van der Waals surface area contributed by atoms with E-state index < -0.39 is 15.9 Å². The van der Waals surface area contributed by atoms with Crippen molar-refractivity contribution < 1.29 is 24.1 Å². The molecular formula is C7H11NO4S. The van der Waals surface area contributed by atoms with E-state index >= 15 is 0 Å². The Kier molecular flexibility index (Phi) is 5.24. The van der Waals surface area contributed by atoms with Crippen molar-refractivity contribution in [3.63, 3.8) is 0 Å². The first-order chi connectivity index (χ1) is 6.08. The molecule has 0 amide bonds. The van der Waals surface area contributed by atoms with Crippen LogP contribution in [0, 0.1) is 0 Å². The molecule has 6 heteroatoms. The van der Waals surface area contributed by atoms with Crippen molar-refractivity contribution in [2.45, 2.75) is 5.75 Å². The largest absolute Gasteiger partial charge is 0.748 e. The molecule has 0 aromatic heterocycles. The van der Waals surface area contributed by atoms with Crippen LogP contribution >= 0.6 is 0 Å². The zero-order valence-corrected chi connectivity index (χ0v) is 7.70. The Morgan fingerprint density at radius 2 is 1.69 bits per heavy atom. The van der Waals surface area contributed by atoms with Crippen molar-refractivity contribution in [2.24, 2.45) is 0 Å². The number of benzene rings is 1. The quantitative estimate of drug-likeness (QED) is 0.494. The van der Waals surface area contributed by atoms with Gasteiger partial charge in [0.2, 0.25) is 0 Å². The summed E-state index contributed by atoms with van der Waals surface area (Å²) in [5.41, 5.74) is 0.530. The van der Waals surface area contributed by atoms with Gasteiger partial charge in [-0.1, -0.05) is 30.3 Å². The van der Waals surface area contributed by atoms with Crippen molar-refractivity contribution in [1.29, 1.82) is 0 Å². The maximum Gasteiger partial charge on any atom is 0.0988 e. The van der Waals surface area contributed by atoms with Gasteiger partial charge in [-0.25, -0.2) is 19.5 Å². The number of hydrogen-bond donors (Lipinski definition) is 2. The molecule has 0 radical (unpaired) electrons. The van der Waals surface area contributed by atoms with Crippen molar-refractivity contribution in [3.8, 4) is 0 Å². The first-order valence-corrected chi connectivity index (χ1v) is 4.95. The first kappa shape index (κ1) is 12.0. The Labute approximate surface area is 76.5 Å². The average Bonchev–Trinajstić information content (AvgIpc) is 2.07. The van der Waals surface area contributed by atoms with Gasteiger partial charge in [0, 0.05) is 0 Å². The second-order valence-electron chi connectivity index (χ2n) is 2.19. The van der Waals surface area contributed by atoms with Crippen LogP contribution in [0.5, 0.6) is 0 Å². The molecule has 0 heterocycles. The third kappa shape index (κ3) is 6.23. The highest BCUT2D eigenvalue weighted by molar-refractivity contribution is 7.84. The Morgan fingerprint density at radius 1 is 1.23 bits per heavy atom. The molecule has 0 aliphatic carbocycles. The van der Waals surface area contributed by atoms with Gasteiger partial charge >= 0.3 is 0 Å². The third-order valence-corrected chi connectivity index (χ3v) is 1.87. The van der Waals surface area contributed by atoms with E-state index in [1.165, 1.54) is 0 Å². The van der Waals surface area contributed by atoms with Crippen LogP contribution in [0.15, 0.2) is 30.3 Å². The summed E-state index contributed by atoms with van der Waals surface area (Å²) >= 11 is 0. The number of hydrogen-bond acceptors (Lipinski definition) is 4. The van der Waals surface area contributed by atoms with Crippen molar-refractivity contribution in [3.05, 3.63) is 35.9 Å².